The molecule has 0 aliphatic heterocycles. The van der Waals surface area contributed by atoms with Crippen LogP contribution in [0.3, 0.4) is 0 Å². The van der Waals surface area contributed by atoms with Gasteiger partial charge >= 0.3 is 5.97 Å². The van der Waals surface area contributed by atoms with Gasteiger partial charge in [0.25, 0.3) is 0 Å². The van der Waals surface area contributed by atoms with Crippen LogP contribution in [0.5, 0.6) is 0 Å². The minimum atomic E-state index is -1.22. The third-order valence-electron chi connectivity index (χ3n) is 3.63. The Bertz CT molecular complexity index is 738. The van der Waals surface area contributed by atoms with Crippen LogP contribution in [-0.4, -0.2) is 66.4 Å². The van der Waals surface area contributed by atoms with Gasteiger partial charge in [0, 0.05) is 6.42 Å². The van der Waals surface area contributed by atoms with Crippen LogP contribution >= 0.6 is 0 Å². The van der Waals surface area contributed by atoms with Crippen molar-refractivity contribution in [3.05, 3.63) is 35.9 Å². The van der Waals surface area contributed by atoms with Crippen LogP contribution in [-0.2, 0) is 30.4 Å². The molecule has 0 spiro atoms. The first kappa shape index (κ1) is 23.6. The van der Waals surface area contributed by atoms with Gasteiger partial charge in [-0.05, 0) is 12.5 Å². The Hall–Kier alpha value is -3.47. The number of carboxylic acid groups (broad SMARTS) is 1. The molecule has 0 saturated carbocycles. The average Bonchev–Trinajstić information content (AvgIpc) is 2.68. The quantitative estimate of drug-likeness (QED) is 0.234. The normalized spacial score (nSPS) is 12.2. The van der Waals surface area contributed by atoms with Crippen LogP contribution in [0.25, 0.3) is 0 Å². The maximum absolute atomic E-state index is 12.4. The Kier molecular flexibility index (Phi) is 9.82. The number of hydrogen-bond donors (Lipinski definition) is 6. The van der Waals surface area contributed by atoms with Gasteiger partial charge in [0.2, 0.25) is 23.6 Å². The molecule has 0 aliphatic carbocycles. The van der Waals surface area contributed by atoms with E-state index in [0.29, 0.717) is 0 Å². The van der Waals surface area contributed by atoms with Crippen molar-refractivity contribution in [3.8, 4) is 0 Å². The fourth-order valence-corrected chi connectivity index (χ4v) is 2.16. The molecule has 1 rings (SSSR count). The summed E-state index contributed by atoms with van der Waals surface area (Å²) in [4.78, 5) is 58.0. The van der Waals surface area contributed by atoms with Gasteiger partial charge < -0.3 is 32.1 Å². The lowest BCUT2D eigenvalue weighted by Crippen LogP contribution is -2.52. The van der Waals surface area contributed by atoms with E-state index in [4.69, 9.17) is 10.8 Å². The Morgan fingerprint density at radius 2 is 1.48 bits per heavy atom. The molecule has 1 aromatic carbocycles. The zero-order chi connectivity index (χ0) is 21.8. The number of amides is 4. The lowest BCUT2D eigenvalue weighted by Gasteiger charge is -2.19. The number of carbonyl (C=O) groups is 5. The van der Waals surface area contributed by atoms with Gasteiger partial charge in [-0.2, -0.15) is 0 Å². The second kappa shape index (κ2) is 12.1. The van der Waals surface area contributed by atoms with Gasteiger partial charge in [-0.3, -0.25) is 24.0 Å². The summed E-state index contributed by atoms with van der Waals surface area (Å²) in [7, 11) is 0. The monoisotopic (exact) mass is 407 g/mol. The van der Waals surface area contributed by atoms with E-state index in [1.807, 2.05) is 0 Å². The second-order valence-electron chi connectivity index (χ2n) is 6.20. The van der Waals surface area contributed by atoms with Gasteiger partial charge in [0.1, 0.15) is 12.6 Å². The van der Waals surface area contributed by atoms with Crippen molar-refractivity contribution in [2.45, 2.75) is 25.4 Å². The fraction of sp³-hybridized carbons (Fsp3) is 0.389. The highest BCUT2D eigenvalue weighted by molar-refractivity contribution is 5.93. The molecule has 0 radical (unpaired) electrons. The van der Waals surface area contributed by atoms with E-state index in [1.54, 1.807) is 30.3 Å². The Morgan fingerprint density at radius 3 is 2.07 bits per heavy atom. The van der Waals surface area contributed by atoms with Crippen LogP contribution in [0.4, 0.5) is 0 Å². The number of rotatable bonds is 11. The maximum atomic E-state index is 12.4. The summed E-state index contributed by atoms with van der Waals surface area (Å²) >= 11 is 0. The molecule has 0 unspecified atom stereocenters. The molecular formula is C18H25N5O6. The molecule has 0 aromatic heterocycles. The van der Waals surface area contributed by atoms with Gasteiger partial charge in [-0.25, -0.2) is 0 Å². The van der Waals surface area contributed by atoms with Crippen LogP contribution < -0.4 is 27.0 Å². The lowest BCUT2D eigenvalue weighted by molar-refractivity contribution is -0.138. The molecule has 11 heteroatoms. The zero-order valence-corrected chi connectivity index (χ0v) is 15.9. The van der Waals surface area contributed by atoms with E-state index in [-0.39, 0.29) is 13.0 Å². The number of aliphatic carboxylic acids is 1. The molecule has 4 amide bonds. The number of hydrogen-bond acceptors (Lipinski definition) is 6. The van der Waals surface area contributed by atoms with E-state index >= 15 is 0 Å². The summed E-state index contributed by atoms with van der Waals surface area (Å²) < 4.78 is 0. The molecule has 0 aliphatic rings. The SMILES string of the molecule is C[C@H](N)C(=O)NCC(=O)N[C@@H](Cc1ccccc1)C(=O)NCC(=O)NCC(=O)O. The summed E-state index contributed by atoms with van der Waals surface area (Å²) in [6.07, 6.45) is 0.149. The Balaban J connectivity index is 2.68. The predicted molar refractivity (Wildman–Crippen MR) is 102 cm³/mol. The molecule has 0 heterocycles. The first-order valence-corrected chi connectivity index (χ1v) is 8.81. The van der Waals surface area contributed by atoms with Crippen LogP contribution in [0, 0.1) is 0 Å². The van der Waals surface area contributed by atoms with Gasteiger partial charge in [-0.1, -0.05) is 30.3 Å². The van der Waals surface area contributed by atoms with Crippen molar-refractivity contribution in [1.29, 1.82) is 0 Å². The number of nitrogens with one attached hydrogen (secondary N) is 4. The third-order valence-corrected chi connectivity index (χ3v) is 3.63. The minimum Gasteiger partial charge on any atom is -0.480 e. The highest BCUT2D eigenvalue weighted by atomic mass is 16.4. The van der Waals surface area contributed by atoms with Gasteiger partial charge in [0.05, 0.1) is 19.1 Å². The standard InChI is InChI=1S/C18H25N5O6/c1-11(19)17(28)21-9-15(25)23-13(7-12-5-3-2-4-6-12)18(29)22-8-14(24)20-10-16(26)27/h2-6,11,13H,7-10,19H2,1H3,(H,20,24)(H,21,28)(H,22,29)(H,23,25)(H,26,27)/t11-,13-/m0/s1. The maximum Gasteiger partial charge on any atom is 0.322 e. The van der Waals surface area contributed by atoms with Crippen molar-refractivity contribution in [2.24, 2.45) is 5.73 Å². The van der Waals surface area contributed by atoms with Crippen molar-refractivity contribution in [2.75, 3.05) is 19.6 Å². The average molecular weight is 407 g/mol. The van der Waals surface area contributed by atoms with Crippen molar-refractivity contribution in [1.82, 2.24) is 21.3 Å². The zero-order valence-electron chi connectivity index (χ0n) is 15.9. The first-order valence-electron chi connectivity index (χ1n) is 8.81. The van der Waals surface area contributed by atoms with Crippen molar-refractivity contribution >= 4 is 29.6 Å². The van der Waals surface area contributed by atoms with Gasteiger partial charge in [-0.15, -0.1) is 0 Å². The van der Waals surface area contributed by atoms with E-state index in [2.05, 4.69) is 21.3 Å². The summed E-state index contributed by atoms with van der Waals surface area (Å²) in [5.74, 6) is -3.65. The molecule has 0 fully saturated rings. The summed E-state index contributed by atoms with van der Waals surface area (Å²) in [6.45, 7) is 0.0825. The number of nitrogens with two attached hydrogens (primary N) is 1. The highest BCUT2D eigenvalue weighted by Gasteiger charge is 2.22. The van der Waals surface area contributed by atoms with Gasteiger partial charge in [0.15, 0.2) is 0 Å². The second-order valence-corrected chi connectivity index (χ2v) is 6.20. The Labute approximate surface area is 167 Å². The largest absolute Gasteiger partial charge is 0.480 e. The molecule has 0 bridgehead atoms. The summed E-state index contributed by atoms with van der Waals surface area (Å²) in [5.41, 5.74) is 6.17. The summed E-state index contributed by atoms with van der Waals surface area (Å²) in [6, 6.07) is 7.09. The molecular weight excluding hydrogens is 382 g/mol. The van der Waals surface area contributed by atoms with E-state index in [0.717, 1.165) is 5.56 Å². The first-order chi connectivity index (χ1) is 13.7. The molecule has 1 aromatic rings. The van der Waals surface area contributed by atoms with Crippen molar-refractivity contribution in [3.63, 3.8) is 0 Å². The van der Waals surface area contributed by atoms with Crippen LogP contribution in [0.2, 0.25) is 0 Å². The Morgan fingerprint density at radius 1 is 0.897 bits per heavy atom. The summed E-state index contributed by atoms with van der Waals surface area (Å²) in [5, 5.41) is 17.8. The topological polar surface area (TPSA) is 180 Å². The molecule has 158 valence electrons. The molecule has 0 saturated heterocycles. The molecule has 7 N–H and O–H groups in total. The van der Waals surface area contributed by atoms with E-state index in [1.165, 1.54) is 6.92 Å². The fourth-order valence-electron chi connectivity index (χ4n) is 2.16. The van der Waals surface area contributed by atoms with Crippen LogP contribution in [0.1, 0.15) is 12.5 Å². The number of carbonyl (C=O) groups excluding carboxylic acids is 4. The number of benzene rings is 1. The van der Waals surface area contributed by atoms with Crippen LogP contribution in [0.15, 0.2) is 30.3 Å². The third kappa shape index (κ3) is 9.86. The highest BCUT2D eigenvalue weighted by Crippen LogP contribution is 2.03. The molecule has 11 nitrogen and oxygen atoms in total. The molecule has 29 heavy (non-hydrogen) atoms. The lowest BCUT2D eigenvalue weighted by atomic mass is 10.1. The van der Waals surface area contributed by atoms with E-state index < -0.39 is 54.8 Å². The smallest absolute Gasteiger partial charge is 0.322 e. The predicted octanol–water partition coefficient (Wildman–Crippen LogP) is -2.51. The van der Waals surface area contributed by atoms with Crippen molar-refractivity contribution < 1.29 is 29.1 Å². The minimum absolute atomic E-state index is 0.149. The molecule has 2 atom stereocenters. The number of carboxylic acids is 1. The van der Waals surface area contributed by atoms with E-state index in [9.17, 15) is 24.0 Å².